The second kappa shape index (κ2) is 13.3. The van der Waals surface area contributed by atoms with Gasteiger partial charge in [-0.3, -0.25) is 0 Å². The summed E-state index contributed by atoms with van der Waals surface area (Å²) in [5.41, 5.74) is 3.88. The molecule has 0 aliphatic carbocycles. The fourth-order valence-corrected chi connectivity index (χ4v) is 5.83. The van der Waals surface area contributed by atoms with Crippen molar-refractivity contribution >= 4 is 19.5 Å². The molecule has 0 bridgehead atoms. The quantitative estimate of drug-likeness (QED) is 0.139. The highest BCUT2D eigenvalue weighted by Crippen LogP contribution is 2.28. The van der Waals surface area contributed by atoms with E-state index in [1.54, 1.807) is 0 Å². The van der Waals surface area contributed by atoms with E-state index in [4.69, 9.17) is 19.2 Å². The van der Waals surface area contributed by atoms with Crippen LogP contribution in [0, 0.1) is 5.92 Å². The smallest absolute Gasteiger partial charge is 0.165 e. The van der Waals surface area contributed by atoms with Crippen LogP contribution in [0.1, 0.15) is 27.7 Å². The van der Waals surface area contributed by atoms with Crippen LogP contribution < -0.4 is 10.6 Å². The van der Waals surface area contributed by atoms with E-state index < -0.39 is 13.9 Å². The fraction of sp³-hybridized carbons (Fsp3) is 0.531. The maximum Gasteiger partial charge on any atom is 0.165 e. The van der Waals surface area contributed by atoms with Crippen LogP contribution in [0.5, 0.6) is 0 Å². The Hall–Kier alpha value is -3.09. The number of hydrogen-bond acceptors (Lipinski definition) is 8. The van der Waals surface area contributed by atoms with Crippen LogP contribution in [-0.4, -0.2) is 76.5 Å². The van der Waals surface area contributed by atoms with Gasteiger partial charge in [0.2, 0.25) is 0 Å². The van der Waals surface area contributed by atoms with E-state index in [1.165, 1.54) is 0 Å². The van der Waals surface area contributed by atoms with Crippen molar-refractivity contribution < 1.29 is 14.2 Å². The first-order chi connectivity index (χ1) is 20.5. The van der Waals surface area contributed by atoms with Gasteiger partial charge in [0.05, 0.1) is 18.9 Å². The summed E-state index contributed by atoms with van der Waals surface area (Å²) in [6.07, 6.45) is 7.69. The third-order valence-corrected chi connectivity index (χ3v) is 9.41. The largest absolute Gasteiger partial charge is 0.366 e. The maximum absolute atomic E-state index is 5.97. The minimum absolute atomic E-state index is 0.0613. The lowest BCUT2D eigenvalue weighted by Crippen LogP contribution is -2.40. The summed E-state index contributed by atoms with van der Waals surface area (Å²) in [7, 11) is -1.12. The number of hydrogen-bond donors (Lipinski definition) is 2. The number of benzene rings is 1. The lowest BCUT2D eigenvalue weighted by molar-refractivity contribution is -0.137. The lowest BCUT2D eigenvalue weighted by atomic mass is 10.0. The van der Waals surface area contributed by atoms with E-state index in [9.17, 15) is 0 Å². The van der Waals surface area contributed by atoms with E-state index in [2.05, 4.69) is 83.0 Å². The molecule has 2 unspecified atom stereocenters. The summed E-state index contributed by atoms with van der Waals surface area (Å²) in [4.78, 5) is 9.57. The van der Waals surface area contributed by atoms with Crippen molar-refractivity contribution in [2.45, 2.75) is 78.0 Å². The highest BCUT2D eigenvalue weighted by molar-refractivity contribution is 6.76. The van der Waals surface area contributed by atoms with Gasteiger partial charge in [0.25, 0.3) is 0 Å². The molecule has 1 saturated heterocycles. The first-order valence-electron chi connectivity index (χ1n) is 15.3. The predicted molar refractivity (Wildman–Crippen MR) is 174 cm³/mol. The molecule has 0 radical (unpaired) electrons. The van der Waals surface area contributed by atoms with Gasteiger partial charge in [-0.05, 0) is 37.4 Å². The number of rotatable bonds is 14. The molecule has 2 N–H and O–H groups in total. The van der Waals surface area contributed by atoms with Crippen molar-refractivity contribution in [3.05, 3.63) is 55.1 Å². The molecule has 3 aromatic heterocycles. The first kappa shape index (κ1) is 31.3. The van der Waals surface area contributed by atoms with Gasteiger partial charge in [-0.15, -0.1) is 0 Å². The van der Waals surface area contributed by atoms with Crippen LogP contribution in [0.4, 0.5) is 5.82 Å². The van der Waals surface area contributed by atoms with Crippen molar-refractivity contribution in [2.75, 3.05) is 31.6 Å². The Bertz CT molecular complexity index is 1480. The summed E-state index contributed by atoms with van der Waals surface area (Å²) >= 11 is 0. The van der Waals surface area contributed by atoms with Crippen molar-refractivity contribution in [3.63, 3.8) is 0 Å². The second-order valence-electron chi connectivity index (χ2n) is 13.4. The molecule has 232 valence electrons. The van der Waals surface area contributed by atoms with Crippen LogP contribution in [0.2, 0.25) is 25.7 Å². The molecule has 10 nitrogen and oxygen atoms in total. The molecule has 4 heterocycles. The Labute approximate surface area is 256 Å². The molecule has 5 rings (SSSR count). The molecular weight excluding hydrogens is 558 g/mol. The molecule has 1 aromatic carbocycles. The summed E-state index contributed by atoms with van der Waals surface area (Å²) in [5, 5.41) is 11.7. The highest BCUT2D eigenvalue weighted by Gasteiger charge is 2.32. The lowest BCUT2D eigenvalue weighted by Gasteiger charge is -2.24. The van der Waals surface area contributed by atoms with E-state index in [-0.39, 0.29) is 12.1 Å². The van der Waals surface area contributed by atoms with Crippen LogP contribution in [0.3, 0.4) is 0 Å². The predicted octanol–water partition coefficient (Wildman–Crippen LogP) is 5.75. The van der Waals surface area contributed by atoms with Crippen molar-refractivity contribution in [3.8, 4) is 22.5 Å². The number of fused-ring (bicyclic) bond motifs is 1. The van der Waals surface area contributed by atoms with Gasteiger partial charge < -0.3 is 29.4 Å². The maximum atomic E-state index is 5.97. The Morgan fingerprint density at radius 3 is 2.56 bits per heavy atom. The zero-order valence-electron chi connectivity index (χ0n) is 26.6. The Balaban J connectivity index is 1.24. The number of aromatic nitrogens is 5. The molecule has 43 heavy (non-hydrogen) atoms. The summed E-state index contributed by atoms with van der Waals surface area (Å²) in [6, 6.07) is 11.7. The first-order valence-corrected chi connectivity index (χ1v) is 19.0. The fourth-order valence-electron chi connectivity index (χ4n) is 5.07. The molecule has 0 amide bonds. The highest BCUT2D eigenvalue weighted by atomic mass is 28.3. The molecule has 1 aliphatic rings. The number of nitrogens with zero attached hydrogens (tertiary/aromatic N) is 5. The number of nitrogens with one attached hydrogen (secondary N) is 2. The van der Waals surface area contributed by atoms with E-state index in [0.717, 1.165) is 59.7 Å². The molecule has 4 aromatic rings. The topological polar surface area (TPSA) is 99.8 Å². The van der Waals surface area contributed by atoms with Crippen LogP contribution in [-0.2, 0) is 20.9 Å². The monoisotopic (exact) mass is 605 g/mol. The van der Waals surface area contributed by atoms with Crippen molar-refractivity contribution in [1.82, 2.24) is 29.5 Å². The molecule has 0 saturated carbocycles. The molecule has 0 spiro atoms. The third-order valence-electron chi connectivity index (χ3n) is 7.71. The average Bonchev–Trinajstić information content (AvgIpc) is 3.68. The minimum Gasteiger partial charge on any atom is -0.366 e. The molecule has 1 aliphatic heterocycles. The van der Waals surface area contributed by atoms with E-state index in [0.29, 0.717) is 19.3 Å². The van der Waals surface area contributed by atoms with Crippen molar-refractivity contribution in [2.24, 2.45) is 5.92 Å². The van der Waals surface area contributed by atoms with Crippen LogP contribution >= 0.6 is 0 Å². The average molecular weight is 606 g/mol. The molecular formula is C32H47N7O3Si. The Kier molecular flexibility index (Phi) is 9.67. The second-order valence-corrected chi connectivity index (χ2v) is 19.0. The van der Waals surface area contributed by atoms with Gasteiger partial charge in [0, 0.05) is 63.5 Å². The van der Waals surface area contributed by atoms with Gasteiger partial charge in [-0.25, -0.2) is 14.5 Å². The summed E-state index contributed by atoms with van der Waals surface area (Å²) < 4.78 is 21.5. The number of anilines is 1. The summed E-state index contributed by atoms with van der Waals surface area (Å²) in [5.74, 6) is 1.62. The Morgan fingerprint density at radius 2 is 1.86 bits per heavy atom. The number of imidazole rings is 1. The molecule has 1 fully saturated rings. The minimum atomic E-state index is -1.12. The zero-order valence-corrected chi connectivity index (χ0v) is 27.6. The molecule has 11 heteroatoms. The van der Waals surface area contributed by atoms with Gasteiger partial charge >= 0.3 is 0 Å². The SMILES string of the molecule is CC(C)C(CNCC1COC(C)(C)O1)Nc1ccn2ncc(-c3ccc(-c4nccn4COCC[Si](C)(C)C)cc3)c2n1. The van der Waals surface area contributed by atoms with Gasteiger partial charge in [0.1, 0.15) is 18.4 Å². The van der Waals surface area contributed by atoms with Gasteiger partial charge in [-0.2, -0.15) is 5.10 Å². The van der Waals surface area contributed by atoms with E-state index in [1.807, 2.05) is 49.2 Å². The molecule has 2 atom stereocenters. The summed E-state index contributed by atoms with van der Waals surface area (Å²) in [6.45, 7) is 18.9. The van der Waals surface area contributed by atoms with Gasteiger partial charge in [0.15, 0.2) is 11.4 Å². The van der Waals surface area contributed by atoms with E-state index >= 15 is 0 Å². The van der Waals surface area contributed by atoms with Crippen LogP contribution in [0.25, 0.3) is 28.2 Å². The standard InChI is InChI=1S/C32H47N7O3Si/c1-23(2)28(20-33-18-26-21-41-32(3,4)42-26)36-29-12-14-39-31(37-29)27(19-35-39)24-8-10-25(11-9-24)30-34-13-15-38(30)22-40-16-17-43(5,6)7/h8-15,19,23,26,28,33H,16-18,20-22H2,1-7H3,(H,36,37). The zero-order chi connectivity index (χ0) is 30.6. The Morgan fingerprint density at radius 1 is 1.09 bits per heavy atom. The third kappa shape index (κ3) is 8.30. The van der Waals surface area contributed by atoms with Gasteiger partial charge in [-0.1, -0.05) is 57.8 Å². The normalized spacial score (nSPS) is 17.6. The number of ether oxygens (including phenoxy) is 3. The van der Waals surface area contributed by atoms with Crippen molar-refractivity contribution in [1.29, 1.82) is 0 Å². The van der Waals surface area contributed by atoms with Crippen LogP contribution in [0.15, 0.2) is 55.1 Å².